The van der Waals surface area contributed by atoms with Crippen LogP contribution in [0, 0.1) is 5.92 Å². The molecule has 16 heavy (non-hydrogen) atoms. The van der Waals surface area contributed by atoms with E-state index in [1.165, 1.54) is 18.6 Å². The van der Waals surface area contributed by atoms with Gasteiger partial charge in [-0.3, -0.25) is 10.1 Å². The standard InChI is InChI=1S/C12H22N2OS/c1-9(2)6-11-13-7-12(15)14(11)8-10-4-3-5-16-10/h9-11,13H,3-8H2,1-2H3. The number of amides is 1. The molecule has 0 radical (unpaired) electrons. The minimum absolute atomic E-state index is 0.286. The molecule has 0 saturated carbocycles. The van der Waals surface area contributed by atoms with Crippen molar-refractivity contribution in [3.8, 4) is 0 Å². The Morgan fingerprint density at radius 3 is 3.00 bits per heavy atom. The number of hydrogen-bond acceptors (Lipinski definition) is 3. The Hall–Kier alpha value is -0.220. The van der Waals surface area contributed by atoms with E-state index in [-0.39, 0.29) is 12.1 Å². The lowest BCUT2D eigenvalue weighted by molar-refractivity contribution is -0.128. The number of nitrogens with zero attached hydrogens (tertiary/aromatic N) is 1. The van der Waals surface area contributed by atoms with Crippen molar-refractivity contribution in [1.29, 1.82) is 0 Å². The van der Waals surface area contributed by atoms with Crippen LogP contribution >= 0.6 is 11.8 Å². The second-order valence-electron chi connectivity index (χ2n) is 5.21. The van der Waals surface area contributed by atoms with Crippen molar-refractivity contribution in [2.45, 2.75) is 44.5 Å². The average molecular weight is 242 g/mol. The Bertz CT molecular complexity index is 251. The van der Waals surface area contributed by atoms with Gasteiger partial charge >= 0.3 is 0 Å². The molecule has 2 atom stereocenters. The normalized spacial score (nSPS) is 30.7. The molecule has 0 aromatic carbocycles. The molecular weight excluding hydrogens is 220 g/mol. The predicted molar refractivity (Wildman–Crippen MR) is 68.4 cm³/mol. The van der Waals surface area contributed by atoms with Crippen LogP contribution in [0.3, 0.4) is 0 Å². The zero-order valence-electron chi connectivity index (χ0n) is 10.2. The quantitative estimate of drug-likeness (QED) is 0.814. The van der Waals surface area contributed by atoms with E-state index >= 15 is 0 Å². The van der Waals surface area contributed by atoms with Gasteiger partial charge < -0.3 is 4.90 Å². The first-order valence-corrected chi connectivity index (χ1v) is 7.36. The van der Waals surface area contributed by atoms with Gasteiger partial charge in [-0.2, -0.15) is 11.8 Å². The molecule has 2 aliphatic rings. The Morgan fingerprint density at radius 1 is 1.56 bits per heavy atom. The lowest BCUT2D eigenvalue weighted by Gasteiger charge is -2.27. The van der Waals surface area contributed by atoms with E-state index in [9.17, 15) is 4.79 Å². The van der Waals surface area contributed by atoms with Crippen LogP contribution in [0.15, 0.2) is 0 Å². The predicted octanol–water partition coefficient (Wildman–Crippen LogP) is 1.69. The number of hydrogen-bond donors (Lipinski definition) is 1. The highest BCUT2D eigenvalue weighted by molar-refractivity contribution is 8.00. The van der Waals surface area contributed by atoms with E-state index in [4.69, 9.17) is 0 Å². The van der Waals surface area contributed by atoms with E-state index < -0.39 is 0 Å². The first-order chi connectivity index (χ1) is 7.66. The van der Waals surface area contributed by atoms with Crippen LogP contribution in [0.1, 0.15) is 33.1 Å². The van der Waals surface area contributed by atoms with Crippen molar-refractivity contribution in [2.24, 2.45) is 5.92 Å². The molecule has 0 aliphatic carbocycles. The molecule has 2 aliphatic heterocycles. The number of thioether (sulfide) groups is 1. The molecule has 1 amide bonds. The Labute approximate surface area is 102 Å². The van der Waals surface area contributed by atoms with Gasteiger partial charge in [0.05, 0.1) is 12.7 Å². The minimum atomic E-state index is 0.286. The first-order valence-electron chi connectivity index (χ1n) is 6.31. The monoisotopic (exact) mass is 242 g/mol. The zero-order valence-corrected chi connectivity index (χ0v) is 11.1. The van der Waals surface area contributed by atoms with Crippen LogP contribution in [0.4, 0.5) is 0 Å². The summed E-state index contributed by atoms with van der Waals surface area (Å²) in [5.74, 6) is 2.20. The molecule has 3 nitrogen and oxygen atoms in total. The molecule has 0 spiro atoms. The third-order valence-corrected chi connectivity index (χ3v) is 4.69. The minimum Gasteiger partial charge on any atom is -0.325 e. The number of carbonyl (C=O) groups excluding carboxylic acids is 1. The molecule has 2 unspecified atom stereocenters. The van der Waals surface area contributed by atoms with Gasteiger partial charge in [-0.05, 0) is 30.9 Å². The first kappa shape index (κ1) is 12.2. The summed E-state index contributed by atoms with van der Waals surface area (Å²) in [6, 6.07) is 0. The van der Waals surface area contributed by atoms with E-state index in [0.717, 1.165) is 13.0 Å². The molecule has 0 aromatic rings. The lowest BCUT2D eigenvalue weighted by atomic mass is 10.1. The Morgan fingerprint density at radius 2 is 2.38 bits per heavy atom. The highest BCUT2D eigenvalue weighted by Crippen LogP contribution is 2.28. The van der Waals surface area contributed by atoms with Gasteiger partial charge in [0.15, 0.2) is 0 Å². The second kappa shape index (κ2) is 5.41. The third-order valence-electron chi connectivity index (χ3n) is 3.30. The molecule has 2 rings (SSSR count). The number of nitrogens with one attached hydrogen (secondary N) is 1. The van der Waals surface area contributed by atoms with Gasteiger partial charge in [0.2, 0.25) is 5.91 Å². The lowest BCUT2D eigenvalue weighted by Crippen LogP contribution is -2.41. The van der Waals surface area contributed by atoms with Crippen molar-refractivity contribution in [3.63, 3.8) is 0 Å². The number of rotatable bonds is 4. The molecule has 0 aromatic heterocycles. The van der Waals surface area contributed by atoms with Crippen LogP contribution in [0.5, 0.6) is 0 Å². The van der Waals surface area contributed by atoms with E-state index in [1.807, 2.05) is 11.8 Å². The van der Waals surface area contributed by atoms with Gasteiger partial charge in [0.25, 0.3) is 0 Å². The maximum Gasteiger partial charge on any atom is 0.237 e. The SMILES string of the molecule is CC(C)CC1NCC(=O)N1CC1CCCS1. The van der Waals surface area contributed by atoms with Crippen LogP contribution < -0.4 is 5.32 Å². The fourth-order valence-electron chi connectivity index (χ4n) is 2.48. The maximum absolute atomic E-state index is 11.8. The molecule has 2 saturated heterocycles. The van der Waals surface area contributed by atoms with E-state index in [2.05, 4.69) is 24.1 Å². The van der Waals surface area contributed by atoms with Crippen molar-refractivity contribution in [2.75, 3.05) is 18.8 Å². The van der Waals surface area contributed by atoms with Gasteiger partial charge in [-0.1, -0.05) is 13.8 Å². The topological polar surface area (TPSA) is 32.3 Å². The largest absolute Gasteiger partial charge is 0.325 e. The van der Waals surface area contributed by atoms with Crippen molar-refractivity contribution in [1.82, 2.24) is 10.2 Å². The summed E-state index contributed by atoms with van der Waals surface area (Å²) in [5, 5.41) is 4.01. The second-order valence-corrected chi connectivity index (χ2v) is 6.62. The molecular formula is C12H22N2OS. The summed E-state index contributed by atoms with van der Waals surface area (Å²) in [7, 11) is 0. The Kier molecular flexibility index (Phi) is 4.14. The molecule has 0 bridgehead atoms. The molecule has 1 N–H and O–H groups in total. The fraction of sp³-hybridized carbons (Fsp3) is 0.917. The van der Waals surface area contributed by atoms with Crippen LogP contribution in [-0.2, 0) is 4.79 Å². The highest BCUT2D eigenvalue weighted by Gasteiger charge is 2.33. The number of carbonyl (C=O) groups is 1. The smallest absolute Gasteiger partial charge is 0.237 e. The summed E-state index contributed by atoms with van der Waals surface area (Å²) in [6.07, 6.45) is 3.96. The summed E-state index contributed by atoms with van der Waals surface area (Å²) in [5.41, 5.74) is 0. The molecule has 92 valence electrons. The molecule has 4 heteroatoms. The summed E-state index contributed by atoms with van der Waals surface area (Å²) < 4.78 is 0. The van der Waals surface area contributed by atoms with Crippen molar-refractivity contribution in [3.05, 3.63) is 0 Å². The zero-order chi connectivity index (χ0) is 11.5. The fourth-order valence-corrected chi connectivity index (χ4v) is 3.75. The van der Waals surface area contributed by atoms with Crippen molar-refractivity contribution < 1.29 is 4.79 Å². The summed E-state index contributed by atoms with van der Waals surface area (Å²) in [6.45, 7) is 5.92. The van der Waals surface area contributed by atoms with Gasteiger partial charge in [0.1, 0.15) is 0 Å². The van der Waals surface area contributed by atoms with Crippen LogP contribution in [-0.4, -0.2) is 41.1 Å². The van der Waals surface area contributed by atoms with Gasteiger partial charge in [-0.15, -0.1) is 0 Å². The van der Waals surface area contributed by atoms with E-state index in [0.29, 0.717) is 17.7 Å². The van der Waals surface area contributed by atoms with Gasteiger partial charge in [-0.25, -0.2) is 0 Å². The van der Waals surface area contributed by atoms with Crippen molar-refractivity contribution >= 4 is 17.7 Å². The summed E-state index contributed by atoms with van der Waals surface area (Å²) >= 11 is 2.03. The third kappa shape index (κ3) is 2.92. The average Bonchev–Trinajstić information content (AvgIpc) is 2.82. The maximum atomic E-state index is 11.8. The van der Waals surface area contributed by atoms with Crippen LogP contribution in [0.25, 0.3) is 0 Å². The molecule has 2 fully saturated rings. The van der Waals surface area contributed by atoms with Crippen LogP contribution in [0.2, 0.25) is 0 Å². The summed E-state index contributed by atoms with van der Waals surface area (Å²) in [4.78, 5) is 13.9. The highest BCUT2D eigenvalue weighted by atomic mass is 32.2. The van der Waals surface area contributed by atoms with E-state index in [1.54, 1.807) is 0 Å². The van der Waals surface area contributed by atoms with Gasteiger partial charge in [0, 0.05) is 11.8 Å². The Balaban J connectivity index is 1.90. The molecule has 2 heterocycles.